The second-order valence-corrected chi connectivity index (χ2v) is 5.99. The number of amides is 1. The van der Waals surface area contributed by atoms with E-state index in [0.717, 1.165) is 38.3 Å². The molecule has 5 nitrogen and oxygen atoms in total. The number of nitrogens with one attached hydrogen (secondary N) is 1. The van der Waals surface area contributed by atoms with Crippen molar-refractivity contribution in [3.05, 3.63) is 35.9 Å². The van der Waals surface area contributed by atoms with E-state index in [1.54, 1.807) is 0 Å². The molecule has 2 aliphatic rings. The van der Waals surface area contributed by atoms with Crippen LogP contribution in [0.25, 0.3) is 0 Å². The van der Waals surface area contributed by atoms with Gasteiger partial charge in [-0.15, -0.1) is 0 Å². The third kappa shape index (κ3) is 4.64. The van der Waals surface area contributed by atoms with Gasteiger partial charge in [-0.25, -0.2) is 13.6 Å². The van der Waals surface area contributed by atoms with E-state index in [2.05, 4.69) is 9.61 Å². The largest absolute Gasteiger partial charge is 0.346 e. The van der Waals surface area contributed by atoms with Crippen LogP contribution in [0, 0.1) is 11.6 Å². The van der Waals surface area contributed by atoms with Crippen LogP contribution in [0.5, 0.6) is 0 Å². The number of benzene rings is 1. The van der Waals surface area contributed by atoms with E-state index < -0.39 is 23.1 Å². The smallest absolute Gasteiger partial charge is 0.343 e. The van der Waals surface area contributed by atoms with Crippen LogP contribution in [0.15, 0.2) is 24.3 Å². The second kappa shape index (κ2) is 8.39. The normalized spacial score (nSPS) is 19.0. The minimum absolute atomic E-state index is 0.0123. The van der Waals surface area contributed by atoms with Crippen molar-refractivity contribution in [3.8, 4) is 0 Å². The predicted octanol–water partition coefficient (Wildman–Crippen LogP) is 2.39. The zero-order chi connectivity index (χ0) is 17.6. The Morgan fingerprint density at radius 2 is 1.92 bits per heavy atom. The number of carbonyl (C=O) groups excluding carboxylic acids is 2. The maximum Gasteiger partial charge on any atom is 0.343 e. The van der Waals surface area contributed by atoms with E-state index >= 15 is 0 Å². The monoisotopic (exact) mass is 360 g/mol. The van der Waals surface area contributed by atoms with Gasteiger partial charge in [0, 0.05) is 19.2 Å². The van der Waals surface area contributed by atoms with Gasteiger partial charge in [0.1, 0.15) is 30.0 Å². The van der Waals surface area contributed by atoms with Gasteiger partial charge in [0.2, 0.25) is 5.91 Å². The SMILES string of the molecule is Fc1cccc(F)c1.O=C(CN1CCNC2(CCCC2)C1=O)OCl. The van der Waals surface area contributed by atoms with Crippen molar-refractivity contribution in [2.75, 3.05) is 19.6 Å². The Bertz CT molecular complexity index is 577. The highest BCUT2D eigenvalue weighted by Gasteiger charge is 2.45. The second-order valence-electron chi connectivity index (χ2n) is 5.83. The lowest BCUT2D eigenvalue weighted by atomic mass is 9.93. The lowest BCUT2D eigenvalue weighted by molar-refractivity contribution is -0.148. The van der Waals surface area contributed by atoms with Gasteiger partial charge < -0.3 is 14.5 Å². The van der Waals surface area contributed by atoms with Gasteiger partial charge in [-0.05, 0) is 25.0 Å². The molecule has 1 aromatic carbocycles. The molecule has 8 heteroatoms. The summed E-state index contributed by atoms with van der Waals surface area (Å²) in [6.45, 7) is 1.21. The summed E-state index contributed by atoms with van der Waals surface area (Å²) in [5.74, 6) is -1.64. The average molecular weight is 361 g/mol. The van der Waals surface area contributed by atoms with E-state index in [1.807, 2.05) is 0 Å². The topological polar surface area (TPSA) is 58.6 Å². The van der Waals surface area contributed by atoms with Crippen LogP contribution in [-0.4, -0.2) is 41.9 Å². The Labute approximate surface area is 144 Å². The van der Waals surface area contributed by atoms with E-state index in [4.69, 9.17) is 11.9 Å². The van der Waals surface area contributed by atoms with Crippen LogP contribution < -0.4 is 5.32 Å². The summed E-state index contributed by atoms with van der Waals surface area (Å²) in [6.07, 6.45) is 3.84. The molecule has 1 spiro atoms. The van der Waals surface area contributed by atoms with E-state index in [1.165, 1.54) is 23.1 Å². The lowest BCUT2D eigenvalue weighted by Gasteiger charge is -2.39. The maximum atomic E-state index is 12.2. The summed E-state index contributed by atoms with van der Waals surface area (Å²) in [4.78, 5) is 24.8. The summed E-state index contributed by atoms with van der Waals surface area (Å²) >= 11 is 4.97. The molecule has 132 valence electrons. The zero-order valence-corrected chi connectivity index (χ0v) is 13.8. The van der Waals surface area contributed by atoms with Gasteiger partial charge in [-0.2, -0.15) is 0 Å². The van der Waals surface area contributed by atoms with Crippen LogP contribution in [-0.2, 0) is 13.9 Å². The first-order valence-electron chi connectivity index (χ1n) is 7.74. The van der Waals surface area contributed by atoms with Gasteiger partial charge in [0.25, 0.3) is 0 Å². The van der Waals surface area contributed by atoms with Crippen molar-refractivity contribution < 1.29 is 22.7 Å². The lowest BCUT2D eigenvalue weighted by Crippen LogP contribution is -2.63. The molecule has 1 amide bonds. The van der Waals surface area contributed by atoms with Crippen molar-refractivity contribution in [2.24, 2.45) is 0 Å². The Morgan fingerprint density at radius 3 is 2.42 bits per heavy atom. The zero-order valence-electron chi connectivity index (χ0n) is 13.1. The van der Waals surface area contributed by atoms with Crippen molar-refractivity contribution in [3.63, 3.8) is 0 Å². The number of nitrogens with zero attached hydrogens (tertiary/aromatic N) is 1. The Morgan fingerprint density at radius 1 is 1.29 bits per heavy atom. The first-order valence-corrected chi connectivity index (χ1v) is 8.04. The summed E-state index contributed by atoms with van der Waals surface area (Å²) in [5, 5.41) is 3.29. The van der Waals surface area contributed by atoms with Gasteiger partial charge in [0.05, 0.1) is 5.54 Å². The Balaban J connectivity index is 0.000000219. The molecule has 1 heterocycles. The molecule has 0 radical (unpaired) electrons. The number of hydrogen-bond donors (Lipinski definition) is 1. The van der Waals surface area contributed by atoms with Crippen LogP contribution in [0.1, 0.15) is 25.7 Å². The minimum Gasteiger partial charge on any atom is -0.346 e. The fourth-order valence-electron chi connectivity index (χ4n) is 3.07. The van der Waals surface area contributed by atoms with Crippen LogP contribution >= 0.6 is 11.9 Å². The molecule has 0 aromatic heterocycles. The fraction of sp³-hybridized carbons (Fsp3) is 0.500. The number of halogens is 3. The molecule has 0 atom stereocenters. The molecule has 3 rings (SSSR count). The number of hydrogen-bond acceptors (Lipinski definition) is 4. The Hall–Kier alpha value is -1.73. The number of piperazine rings is 1. The summed E-state index contributed by atoms with van der Waals surface area (Å²) in [6, 6.07) is 4.55. The van der Waals surface area contributed by atoms with Gasteiger partial charge in [-0.3, -0.25) is 4.79 Å². The van der Waals surface area contributed by atoms with Crippen molar-refractivity contribution in [1.29, 1.82) is 0 Å². The highest BCUT2D eigenvalue weighted by molar-refractivity contribution is 6.13. The summed E-state index contributed by atoms with van der Waals surface area (Å²) in [7, 11) is 0. The minimum atomic E-state index is -0.579. The molecule has 0 unspecified atom stereocenters. The Kier molecular flexibility index (Phi) is 6.51. The maximum absolute atomic E-state index is 12.2. The van der Waals surface area contributed by atoms with E-state index in [0.29, 0.717) is 6.54 Å². The molecule has 2 fully saturated rings. The van der Waals surface area contributed by atoms with Gasteiger partial charge >= 0.3 is 5.97 Å². The van der Waals surface area contributed by atoms with E-state index in [-0.39, 0.29) is 12.5 Å². The van der Waals surface area contributed by atoms with Crippen molar-refractivity contribution in [1.82, 2.24) is 10.2 Å². The molecule has 1 saturated heterocycles. The third-order valence-corrected chi connectivity index (χ3v) is 4.36. The predicted molar refractivity (Wildman–Crippen MR) is 84.1 cm³/mol. The standard InChI is InChI=1S/C10H15ClN2O3.C6H4F2/c11-16-8(14)7-13-6-5-12-10(9(13)15)3-1-2-4-10;7-5-2-1-3-6(8)4-5/h12H,1-7H2;1-4H. The quantitative estimate of drug-likeness (QED) is 0.879. The molecule has 1 N–H and O–H groups in total. The highest BCUT2D eigenvalue weighted by atomic mass is 35.5. The average Bonchev–Trinajstić information content (AvgIpc) is 3.02. The summed E-state index contributed by atoms with van der Waals surface area (Å²) in [5.41, 5.74) is -0.426. The third-order valence-electron chi connectivity index (χ3n) is 4.19. The molecule has 1 aromatic rings. The van der Waals surface area contributed by atoms with Crippen molar-refractivity contribution >= 4 is 23.7 Å². The van der Waals surface area contributed by atoms with Crippen LogP contribution in [0.2, 0.25) is 0 Å². The molecule has 0 bridgehead atoms. The first-order chi connectivity index (χ1) is 11.5. The fourth-order valence-corrected chi connectivity index (χ4v) is 3.12. The van der Waals surface area contributed by atoms with Crippen LogP contribution in [0.3, 0.4) is 0 Å². The molecule has 1 aliphatic heterocycles. The number of carbonyl (C=O) groups is 2. The van der Waals surface area contributed by atoms with Gasteiger partial charge in [0.15, 0.2) is 0 Å². The van der Waals surface area contributed by atoms with Crippen LogP contribution in [0.4, 0.5) is 8.78 Å². The first kappa shape index (κ1) is 18.6. The molecule has 1 aliphatic carbocycles. The molecule has 1 saturated carbocycles. The summed E-state index contributed by atoms with van der Waals surface area (Å²) < 4.78 is 27.9. The number of rotatable bonds is 2. The highest BCUT2D eigenvalue weighted by Crippen LogP contribution is 2.32. The van der Waals surface area contributed by atoms with Gasteiger partial charge in [-0.1, -0.05) is 18.9 Å². The molecular weight excluding hydrogens is 342 g/mol. The molecular formula is C16H19ClF2N2O3. The van der Waals surface area contributed by atoms with E-state index in [9.17, 15) is 18.4 Å². The molecule has 24 heavy (non-hydrogen) atoms. The van der Waals surface area contributed by atoms with Crippen molar-refractivity contribution in [2.45, 2.75) is 31.2 Å².